The van der Waals surface area contributed by atoms with Crippen molar-refractivity contribution in [1.82, 2.24) is 9.88 Å². The molecule has 6 heteroatoms. The highest BCUT2D eigenvalue weighted by Gasteiger charge is 2.40. The highest BCUT2D eigenvalue weighted by Crippen LogP contribution is 2.49. The van der Waals surface area contributed by atoms with Crippen molar-refractivity contribution in [3.05, 3.63) is 22.7 Å². The van der Waals surface area contributed by atoms with Gasteiger partial charge in [-0.2, -0.15) is 0 Å². The van der Waals surface area contributed by atoms with E-state index in [0.717, 1.165) is 75.4 Å². The van der Waals surface area contributed by atoms with E-state index in [0.29, 0.717) is 11.5 Å². The second kappa shape index (κ2) is 9.57. The van der Waals surface area contributed by atoms with Crippen LogP contribution in [0.3, 0.4) is 0 Å². The summed E-state index contributed by atoms with van der Waals surface area (Å²) in [6.45, 7) is 8.29. The SMILES string of the molecule is CC[C@@H](O)C[C@H]1CCc2sc3nccc(O[C@H]4CC[C@](CC)(N5CCOCC5)CC4)c3c21. The molecule has 3 aliphatic rings. The van der Waals surface area contributed by atoms with Crippen LogP contribution in [0.1, 0.15) is 81.6 Å². The van der Waals surface area contributed by atoms with Crippen molar-refractivity contribution in [1.29, 1.82) is 0 Å². The molecule has 0 amide bonds. The normalized spacial score (nSPS) is 29.8. The fraction of sp³-hybridized carbons (Fsp3) is 0.731. The van der Waals surface area contributed by atoms with Gasteiger partial charge in [0.1, 0.15) is 10.6 Å². The Labute approximate surface area is 196 Å². The van der Waals surface area contributed by atoms with Gasteiger partial charge in [0.25, 0.3) is 0 Å². The van der Waals surface area contributed by atoms with Crippen LogP contribution < -0.4 is 4.74 Å². The number of aromatic nitrogens is 1. The molecule has 0 radical (unpaired) electrons. The molecule has 2 fully saturated rings. The molecule has 32 heavy (non-hydrogen) atoms. The first-order valence-electron chi connectivity index (χ1n) is 12.7. The lowest BCUT2D eigenvalue weighted by atomic mass is 9.77. The van der Waals surface area contributed by atoms with E-state index >= 15 is 0 Å². The number of nitrogens with zero attached hydrogens (tertiary/aromatic N) is 2. The predicted molar refractivity (Wildman–Crippen MR) is 130 cm³/mol. The Morgan fingerprint density at radius 1 is 1.25 bits per heavy atom. The third kappa shape index (κ3) is 4.20. The monoisotopic (exact) mass is 458 g/mol. The number of thiophene rings is 1. The Kier molecular flexibility index (Phi) is 6.75. The molecule has 0 unspecified atom stereocenters. The van der Waals surface area contributed by atoms with Crippen LogP contribution >= 0.6 is 11.3 Å². The topological polar surface area (TPSA) is 54.8 Å². The second-order valence-corrected chi connectivity index (χ2v) is 11.0. The number of ether oxygens (including phenoxy) is 2. The summed E-state index contributed by atoms with van der Waals surface area (Å²) in [6, 6.07) is 2.07. The van der Waals surface area contributed by atoms with Crippen molar-refractivity contribution in [2.75, 3.05) is 26.3 Å². The van der Waals surface area contributed by atoms with Gasteiger partial charge in [-0.1, -0.05) is 13.8 Å². The highest BCUT2D eigenvalue weighted by molar-refractivity contribution is 7.19. The Balaban J connectivity index is 1.33. The summed E-state index contributed by atoms with van der Waals surface area (Å²) in [6.07, 6.45) is 11.7. The predicted octanol–water partition coefficient (Wildman–Crippen LogP) is 5.29. The second-order valence-electron chi connectivity index (χ2n) is 9.96. The van der Waals surface area contributed by atoms with Crippen molar-refractivity contribution >= 4 is 21.6 Å². The van der Waals surface area contributed by atoms with E-state index in [-0.39, 0.29) is 12.2 Å². The number of aliphatic hydroxyl groups excluding tert-OH is 1. The summed E-state index contributed by atoms with van der Waals surface area (Å²) in [5, 5.41) is 11.5. The van der Waals surface area contributed by atoms with Gasteiger partial charge in [-0.15, -0.1) is 11.3 Å². The molecule has 5 nitrogen and oxygen atoms in total. The molecule has 2 aromatic rings. The highest BCUT2D eigenvalue weighted by atomic mass is 32.1. The lowest BCUT2D eigenvalue weighted by Crippen LogP contribution is -2.55. The summed E-state index contributed by atoms with van der Waals surface area (Å²) in [5.74, 6) is 1.45. The first-order chi connectivity index (χ1) is 15.6. The number of hydrogen-bond acceptors (Lipinski definition) is 6. The maximum Gasteiger partial charge on any atom is 0.131 e. The van der Waals surface area contributed by atoms with Crippen LogP contribution in [0.25, 0.3) is 10.2 Å². The van der Waals surface area contributed by atoms with Gasteiger partial charge in [0.2, 0.25) is 0 Å². The zero-order valence-electron chi connectivity index (χ0n) is 19.6. The average molecular weight is 459 g/mol. The average Bonchev–Trinajstić information content (AvgIpc) is 3.40. The molecule has 1 aliphatic heterocycles. The smallest absolute Gasteiger partial charge is 0.131 e. The molecular formula is C26H38N2O3S. The van der Waals surface area contributed by atoms with E-state index in [2.05, 4.69) is 29.8 Å². The number of fused-ring (bicyclic) bond motifs is 3. The van der Waals surface area contributed by atoms with Crippen LogP contribution in [0.4, 0.5) is 0 Å². The summed E-state index contributed by atoms with van der Waals surface area (Å²) in [5.41, 5.74) is 1.75. The molecule has 3 heterocycles. The van der Waals surface area contributed by atoms with Crippen molar-refractivity contribution in [3.63, 3.8) is 0 Å². The molecule has 2 aromatic heterocycles. The molecule has 2 aliphatic carbocycles. The van der Waals surface area contributed by atoms with Crippen LogP contribution in [0.5, 0.6) is 5.75 Å². The van der Waals surface area contributed by atoms with Gasteiger partial charge in [0.05, 0.1) is 30.8 Å². The fourth-order valence-corrected chi connectivity index (χ4v) is 7.57. The van der Waals surface area contributed by atoms with Crippen molar-refractivity contribution in [2.45, 2.75) is 95.3 Å². The number of hydrogen-bond donors (Lipinski definition) is 1. The number of aryl methyl sites for hydroxylation is 1. The molecule has 1 N–H and O–H groups in total. The molecule has 0 bridgehead atoms. The van der Waals surface area contributed by atoms with E-state index < -0.39 is 0 Å². The Morgan fingerprint density at radius 3 is 2.75 bits per heavy atom. The zero-order chi connectivity index (χ0) is 22.1. The molecule has 0 aromatic carbocycles. The maximum atomic E-state index is 10.3. The van der Waals surface area contributed by atoms with Crippen LogP contribution in [0.15, 0.2) is 12.3 Å². The van der Waals surface area contributed by atoms with Gasteiger partial charge >= 0.3 is 0 Å². The molecular weight excluding hydrogens is 420 g/mol. The van der Waals surface area contributed by atoms with Gasteiger partial charge in [-0.05, 0) is 75.3 Å². The van der Waals surface area contributed by atoms with E-state index in [4.69, 9.17) is 9.47 Å². The standard InChI is InChI=1S/C26H38N2O3S/c1-3-19(29)17-18-5-6-22-23(18)24-21(9-12-27-25(24)32-22)31-20-7-10-26(4-2,11-8-20)28-13-15-30-16-14-28/h9,12,18-20,29H,3-8,10-11,13-17H2,1-2H3/t18-,19-,20-,26-/m1/s1. The minimum absolute atomic E-state index is 0.220. The zero-order valence-corrected chi connectivity index (χ0v) is 20.5. The Hall–Kier alpha value is -1.21. The quantitative estimate of drug-likeness (QED) is 0.611. The summed E-state index contributed by atoms with van der Waals surface area (Å²) in [7, 11) is 0. The first kappa shape index (κ1) is 22.6. The number of pyridine rings is 1. The molecule has 5 rings (SSSR count). The number of aliphatic hydroxyl groups is 1. The lowest BCUT2D eigenvalue weighted by Gasteiger charge is -2.49. The third-order valence-electron chi connectivity index (χ3n) is 8.32. The van der Waals surface area contributed by atoms with Crippen LogP contribution in [-0.4, -0.2) is 59.0 Å². The van der Waals surface area contributed by atoms with Crippen LogP contribution in [-0.2, 0) is 11.2 Å². The molecule has 1 saturated carbocycles. The number of rotatable bonds is 7. The molecule has 176 valence electrons. The Morgan fingerprint density at radius 2 is 2.03 bits per heavy atom. The third-order valence-corrected chi connectivity index (χ3v) is 9.49. The maximum absolute atomic E-state index is 10.3. The molecule has 2 atom stereocenters. The molecule has 0 spiro atoms. The van der Waals surface area contributed by atoms with E-state index in [1.54, 1.807) is 0 Å². The van der Waals surface area contributed by atoms with Crippen molar-refractivity contribution in [3.8, 4) is 5.75 Å². The van der Waals surface area contributed by atoms with Gasteiger partial charge in [-0.3, -0.25) is 4.90 Å². The summed E-state index contributed by atoms with van der Waals surface area (Å²) < 4.78 is 12.3. The van der Waals surface area contributed by atoms with E-state index in [1.807, 2.05) is 17.5 Å². The van der Waals surface area contributed by atoms with E-state index in [1.165, 1.54) is 35.1 Å². The van der Waals surface area contributed by atoms with Crippen LogP contribution in [0, 0.1) is 0 Å². The van der Waals surface area contributed by atoms with E-state index in [9.17, 15) is 5.11 Å². The van der Waals surface area contributed by atoms with Gasteiger partial charge in [0.15, 0.2) is 0 Å². The minimum atomic E-state index is -0.220. The van der Waals surface area contributed by atoms with Crippen molar-refractivity contribution < 1.29 is 14.6 Å². The van der Waals surface area contributed by atoms with Crippen LogP contribution in [0.2, 0.25) is 0 Å². The minimum Gasteiger partial charge on any atom is -0.490 e. The summed E-state index contributed by atoms with van der Waals surface area (Å²) >= 11 is 1.83. The van der Waals surface area contributed by atoms with Gasteiger partial charge in [-0.25, -0.2) is 4.98 Å². The largest absolute Gasteiger partial charge is 0.490 e. The first-order valence-corrected chi connectivity index (χ1v) is 13.5. The van der Waals surface area contributed by atoms with Gasteiger partial charge < -0.3 is 14.6 Å². The summed E-state index contributed by atoms with van der Waals surface area (Å²) in [4.78, 5) is 9.94. The van der Waals surface area contributed by atoms with Crippen molar-refractivity contribution in [2.24, 2.45) is 0 Å². The Bertz CT molecular complexity index is 915. The fourth-order valence-electron chi connectivity index (χ4n) is 6.32. The van der Waals surface area contributed by atoms with Gasteiger partial charge in [0, 0.05) is 29.7 Å². The lowest BCUT2D eigenvalue weighted by molar-refractivity contribution is -0.0510. The number of morpholine rings is 1. The molecule has 1 saturated heterocycles.